The molecule has 2 aromatic rings. The van der Waals surface area contributed by atoms with E-state index >= 15 is 0 Å². The van der Waals surface area contributed by atoms with E-state index in [1.165, 1.54) is 0 Å². The molecule has 2 rings (SSSR count). The first-order valence-electron chi connectivity index (χ1n) is 9.40. The molecule has 1 unspecified atom stereocenters. The summed E-state index contributed by atoms with van der Waals surface area (Å²) in [4.78, 5) is 11.0. The lowest BCUT2D eigenvalue weighted by molar-refractivity contribution is -0.316. The average molecular weight is 421 g/mol. The number of hydrogen-bond acceptors (Lipinski definition) is 7. The van der Waals surface area contributed by atoms with Crippen molar-refractivity contribution in [3.63, 3.8) is 0 Å². The van der Waals surface area contributed by atoms with Crippen molar-refractivity contribution >= 4 is 21.8 Å². The number of hydrogen-bond donors (Lipinski definition) is 1. The Hall–Kier alpha value is -2.58. The molecule has 0 aliphatic rings. The topological polar surface area (TPSA) is 105 Å². The lowest BCUT2D eigenvalue weighted by Gasteiger charge is -2.18. The number of carbonyl (C=O) groups is 1. The molecule has 0 fully saturated rings. The third kappa shape index (κ3) is 8.53. The summed E-state index contributed by atoms with van der Waals surface area (Å²) in [7, 11) is -3.51. The van der Waals surface area contributed by atoms with E-state index in [1.807, 2.05) is 36.4 Å². The molecule has 29 heavy (non-hydrogen) atoms. The van der Waals surface area contributed by atoms with Crippen LogP contribution < -0.4 is 14.6 Å². The number of benzene rings is 2. The number of nitrogens with one attached hydrogen (secondary N) is 1. The molecule has 2 aromatic carbocycles. The van der Waals surface area contributed by atoms with Crippen molar-refractivity contribution in [2.24, 2.45) is 0 Å². The standard InChI is InChI=1S/C21H27NO6S/c1-3-27-20(21(23)24)15-17-6-10-18(11-7-17)22-14-4-5-16-8-12-19(13-9-16)28-29(2,25)26/h6-13,20,22H,3-5,14-15H2,1-2H3,(H,23,24)/p-1. The minimum atomic E-state index is -3.51. The van der Waals surface area contributed by atoms with Crippen LogP contribution in [0.3, 0.4) is 0 Å². The van der Waals surface area contributed by atoms with Crippen LogP contribution in [0.5, 0.6) is 5.75 Å². The summed E-state index contributed by atoms with van der Waals surface area (Å²) >= 11 is 0. The highest BCUT2D eigenvalue weighted by molar-refractivity contribution is 7.86. The summed E-state index contributed by atoms with van der Waals surface area (Å²) < 4.78 is 32.2. The molecule has 1 N–H and O–H groups in total. The van der Waals surface area contributed by atoms with E-state index in [0.717, 1.165) is 42.5 Å². The van der Waals surface area contributed by atoms with Crippen molar-refractivity contribution in [2.45, 2.75) is 32.3 Å². The van der Waals surface area contributed by atoms with Crippen LogP contribution in [-0.2, 0) is 32.5 Å². The van der Waals surface area contributed by atoms with Crippen molar-refractivity contribution in [3.05, 3.63) is 59.7 Å². The minimum absolute atomic E-state index is 0.273. The first-order valence-corrected chi connectivity index (χ1v) is 11.2. The summed E-state index contributed by atoms with van der Waals surface area (Å²) in [6.07, 6.45) is 2.08. The SMILES string of the molecule is CCOC(Cc1ccc(NCCCc2ccc(OS(C)(=O)=O)cc2)cc1)C(=O)[O-]. The van der Waals surface area contributed by atoms with Gasteiger partial charge in [0.15, 0.2) is 0 Å². The van der Waals surface area contributed by atoms with Gasteiger partial charge in [-0.25, -0.2) is 0 Å². The van der Waals surface area contributed by atoms with Crippen LogP contribution >= 0.6 is 0 Å². The second-order valence-corrected chi connectivity index (χ2v) is 8.20. The normalized spacial score (nSPS) is 12.3. The molecule has 8 heteroatoms. The van der Waals surface area contributed by atoms with Gasteiger partial charge in [-0.1, -0.05) is 24.3 Å². The number of carbonyl (C=O) groups excluding carboxylic acids is 1. The Morgan fingerprint density at radius 2 is 1.69 bits per heavy atom. The van der Waals surface area contributed by atoms with E-state index in [9.17, 15) is 18.3 Å². The van der Waals surface area contributed by atoms with Crippen molar-refractivity contribution in [1.82, 2.24) is 0 Å². The van der Waals surface area contributed by atoms with Crippen LogP contribution in [0.1, 0.15) is 24.5 Å². The lowest BCUT2D eigenvalue weighted by atomic mass is 10.1. The van der Waals surface area contributed by atoms with E-state index in [1.54, 1.807) is 19.1 Å². The predicted octanol–water partition coefficient (Wildman–Crippen LogP) is 1.77. The van der Waals surface area contributed by atoms with E-state index in [0.29, 0.717) is 12.4 Å². The van der Waals surface area contributed by atoms with Crippen molar-refractivity contribution in [3.8, 4) is 5.75 Å². The van der Waals surface area contributed by atoms with Gasteiger partial charge in [0, 0.05) is 25.3 Å². The van der Waals surface area contributed by atoms with Crippen LogP contribution in [0.2, 0.25) is 0 Å². The maximum absolute atomic E-state index is 11.1. The molecule has 0 aliphatic heterocycles. The summed E-state index contributed by atoms with van der Waals surface area (Å²) in [5.41, 5.74) is 2.91. The molecule has 7 nitrogen and oxygen atoms in total. The number of ether oxygens (including phenoxy) is 1. The van der Waals surface area contributed by atoms with Gasteiger partial charge >= 0.3 is 10.1 Å². The molecule has 0 amide bonds. The monoisotopic (exact) mass is 420 g/mol. The fourth-order valence-corrected chi connectivity index (χ4v) is 3.26. The van der Waals surface area contributed by atoms with E-state index in [2.05, 4.69) is 5.32 Å². The molecule has 0 heterocycles. The zero-order chi connectivity index (χ0) is 21.3. The van der Waals surface area contributed by atoms with Gasteiger partial charge in [0.25, 0.3) is 0 Å². The molecule has 0 aliphatic carbocycles. The Bertz CT molecular complexity index is 878. The maximum Gasteiger partial charge on any atom is 0.306 e. The third-order valence-corrected chi connectivity index (χ3v) is 4.64. The van der Waals surface area contributed by atoms with Crippen molar-refractivity contribution in [2.75, 3.05) is 24.7 Å². The van der Waals surface area contributed by atoms with Gasteiger partial charge < -0.3 is 24.1 Å². The first-order chi connectivity index (χ1) is 13.8. The van der Waals surface area contributed by atoms with Crippen molar-refractivity contribution < 1.29 is 27.2 Å². The number of carboxylic acids is 1. The Morgan fingerprint density at radius 1 is 1.07 bits per heavy atom. The lowest BCUT2D eigenvalue weighted by Crippen LogP contribution is -2.39. The molecular weight excluding hydrogens is 394 g/mol. The van der Waals surface area contributed by atoms with E-state index in [-0.39, 0.29) is 6.42 Å². The minimum Gasteiger partial charge on any atom is -0.547 e. The van der Waals surface area contributed by atoms with Crippen LogP contribution in [0.15, 0.2) is 48.5 Å². The Labute approximate surface area is 171 Å². The van der Waals surface area contributed by atoms with Gasteiger partial charge in [-0.05, 0) is 55.2 Å². The predicted molar refractivity (Wildman–Crippen MR) is 109 cm³/mol. The molecule has 0 bridgehead atoms. The number of aliphatic carboxylic acids is 1. The molecule has 158 valence electrons. The summed E-state index contributed by atoms with van der Waals surface area (Å²) in [5, 5.41) is 14.4. The van der Waals surface area contributed by atoms with Crippen molar-refractivity contribution in [1.29, 1.82) is 0 Å². The van der Waals surface area contributed by atoms with Gasteiger partial charge in [-0.15, -0.1) is 0 Å². The first kappa shape index (κ1) is 22.7. The number of carboxylic acid groups (broad SMARTS) is 1. The van der Waals surface area contributed by atoms with Gasteiger partial charge in [0.05, 0.1) is 12.2 Å². The highest BCUT2D eigenvalue weighted by Gasteiger charge is 2.10. The molecule has 0 saturated heterocycles. The smallest absolute Gasteiger partial charge is 0.306 e. The van der Waals surface area contributed by atoms with Crippen LogP contribution in [0.4, 0.5) is 5.69 Å². The zero-order valence-corrected chi connectivity index (χ0v) is 17.4. The average Bonchev–Trinajstić information content (AvgIpc) is 2.66. The Morgan fingerprint density at radius 3 is 2.24 bits per heavy atom. The fourth-order valence-electron chi connectivity index (χ4n) is 2.80. The number of rotatable bonds is 12. The molecule has 0 aromatic heterocycles. The Balaban J connectivity index is 1.75. The second kappa shape index (κ2) is 10.8. The van der Waals surface area contributed by atoms with Gasteiger partial charge in [0.1, 0.15) is 11.9 Å². The largest absolute Gasteiger partial charge is 0.547 e. The summed E-state index contributed by atoms with van der Waals surface area (Å²) in [6, 6.07) is 14.5. The van der Waals surface area contributed by atoms with Gasteiger partial charge in [0.2, 0.25) is 0 Å². The molecule has 0 saturated carbocycles. The van der Waals surface area contributed by atoms with E-state index in [4.69, 9.17) is 8.92 Å². The Kier molecular flexibility index (Phi) is 8.48. The summed E-state index contributed by atoms with van der Waals surface area (Å²) in [6.45, 7) is 2.84. The van der Waals surface area contributed by atoms with Crippen LogP contribution in [0.25, 0.3) is 0 Å². The summed E-state index contributed by atoms with van der Waals surface area (Å²) in [5.74, 6) is -0.898. The molecular formula is C21H26NO6S-. The number of anilines is 1. The van der Waals surface area contributed by atoms with Gasteiger partial charge in [-0.3, -0.25) is 0 Å². The highest BCUT2D eigenvalue weighted by Crippen LogP contribution is 2.16. The third-order valence-electron chi connectivity index (χ3n) is 4.15. The molecule has 1 atom stereocenters. The van der Waals surface area contributed by atoms with Gasteiger partial charge in [-0.2, -0.15) is 8.42 Å². The van der Waals surface area contributed by atoms with E-state index < -0.39 is 22.2 Å². The zero-order valence-electron chi connectivity index (χ0n) is 16.6. The molecule has 0 radical (unpaired) electrons. The highest BCUT2D eigenvalue weighted by atomic mass is 32.2. The number of aryl methyl sites for hydroxylation is 1. The quantitative estimate of drug-likeness (QED) is 0.412. The van der Waals surface area contributed by atoms with Crippen LogP contribution in [0, 0.1) is 0 Å². The fraction of sp³-hybridized carbons (Fsp3) is 0.381. The maximum atomic E-state index is 11.1. The molecule has 0 spiro atoms. The second-order valence-electron chi connectivity index (χ2n) is 6.63. The van der Waals surface area contributed by atoms with Crippen LogP contribution in [-0.4, -0.2) is 39.9 Å².